The molecule has 0 atom stereocenters. The number of para-hydroxylation sites is 1. The summed E-state index contributed by atoms with van der Waals surface area (Å²) >= 11 is 0. The van der Waals surface area contributed by atoms with Gasteiger partial charge >= 0.3 is 6.03 Å². The number of barbiturate groups is 1. The molecule has 0 saturated carbocycles. The van der Waals surface area contributed by atoms with Crippen molar-refractivity contribution in [2.45, 2.75) is 26.4 Å². The molecule has 8 heteroatoms. The molecular formula is C28H25N3O5. The van der Waals surface area contributed by atoms with Crippen LogP contribution in [-0.4, -0.2) is 33.9 Å². The molecule has 8 nitrogen and oxygen atoms in total. The van der Waals surface area contributed by atoms with Crippen molar-refractivity contribution in [1.29, 1.82) is 0 Å². The molecule has 1 aliphatic rings. The Labute approximate surface area is 207 Å². The van der Waals surface area contributed by atoms with Gasteiger partial charge in [0.25, 0.3) is 11.8 Å². The summed E-state index contributed by atoms with van der Waals surface area (Å²) in [5, 5.41) is 3.16. The highest BCUT2D eigenvalue weighted by molar-refractivity contribution is 6.31. The zero-order valence-corrected chi connectivity index (χ0v) is 19.8. The molecule has 5 rings (SSSR count). The van der Waals surface area contributed by atoms with Crippen LogP contribution in [-0.2, 0) is 22.7 Å². The molecule has 36 heavy (non-hydrogen) atoms. The predicted molar refractivity (Wildman–Crippen MR) is 134 cm³/mol. The Morgan fingerprint density at radius 1 is 1.03 bits per heavy atom. The standard InChI is InChI=1S/C28H25N3O5/c1-19-7-4-8-21(15-19)35-14-6-12-30-17-20(23-10-2-3-11-25(23)30)16-24-26(32)29-28(34)31(27(24)33)18-22-9-5-13-36-22/h2-5,7-11,13,15-17H,6,12,14,18H2,1H3,(H,29,32,34). The van der Waals surface area contributed by atoms with Gasteiger partial charge < -0.3 is 13.7 Å². The fraction of sp³-hybridized carbons (Fsp3) is 0.179. The second kappa shape index (κ2) is 9.95. The number of aromatic nitrogens is 1. The first kappa shape index (κ1) is 23.2. The third kappa shape index (κ3) is 4.79. The number of hydrogen-bond donors (Lipinski definition) is 1. The lowest BCUT2D eigenvalue weighted by Gasteiger charge is -2.25. The smallest absolute Gasteiger partial charge is 0.331 e. The number of hydrogen-bond acceptors (Lipinski definition) is 5. The fourth-order valence-corrected chi connectivity index (χ4v) is 4.26. The van der Waals surface area contributed by atoms with Crippen LogP contribution in [0.2, 0.25) is 0 Å². The van der Waals surface area contributed by atoms with Crippen molar-refractivity contribution in [3.63, 3.8) is 0 Å². The number of nitrogens with zero attached hydrogens (tertiary/aromatic N) is 2. The lowest BCUT2D eigenvalue weighted by Crippen LogP contribution is -2.53. The molecule has 0 unspecified atom stereocenters. The molecule has 2 aromatic heterocycles. The van der Waals surface area contributed by atoms with E-state index < -0.39 is 17.8 Å². The van der Waals surface area contributed by atoms with Gasteiger partial charge in [-0.2, -0.15) is 0 Å². The third-order valence-corrected chi connectivity index (χ3v) is 6.00. The SMILES string of the molecule is Cc1cccc(OCCCn2cc(C=C3C(=O)NC(=O)N(Cc4ccco4)C3=O)c3ccccc32)c1. The molecule has 182 valence electrons. The van der Waals surface area contributed by atoms with E-state index >= 15 is 0 Å². The van der Waals surface area contributed by atoms with E-state index in [-0.39, 0.29) is 12.1 Å². The number of carbonyl (C=O) groups is 3. The summed E-state index contributed by atoms with van der Waals surface area (Å²) in [6.07, 6.45) is 5.69. The van der Waals surface area contributed by atoms with Crippen molar-refractivity contribution in [2.24, 2.45) is 0 Å². The number of amides is 4. The number of furan rings is 1. The maximum atomic E-state index is 13.1. The zero-order valence-electron chi connectivity index (χ0n) is 19.8. The van der Waals surface area contributed by atoms with E-state index in [1.165, 1.54) is 6.26 Å². The van der Waals surface area contributed by atoms with Gasteiger partial charge in [-0.15, -0.1) is 0 Å². The molecule has 3 heterocycles. The number of nitrogens with one attached hydrogen (secondary N) is 1. The highest BCUT2D eigenvalue weighted by atomic mass is 16.5. The summed E-state index contributed by atoms with van der Waals surface area (Å²) in [7, 11) is 0. The lowest BCUT2D eigenvalue weighted by molar-refractivity contribution is -0.130. The first-order valence-electron chi connectivity index (χ1n) is 11.7. The van der Waals surface area contributed by atoms with E-state index in [1.54, 1.807) is 18.2 Å². The van der Waals surface area contributed by atoms with E-state index in [1.807, 2.05) is 61.7 Å². The van der Waals surface area contributed by atoms with Crippen LogP contribution in [0.25, 0.3) is 17.0 Å². The van der Waals surface area contributed by atoms with Gasteiger partial charge in [0.15, 0.2) is 0 Å². The van der Waals surface area contributed by atoms with Crippen LogP contribution in [0.15, 0.2) is 83.1 Å². The maximum absolute atomic E-state index is 13.1. The first-order chi connectivity index (χ1) is 17.5. The van der Waals surface area contributed by atoms with Crippen LogP contribution in [0.3, 0.4) is 0 Å². The Morgan fingerprint density at radius 3 is 2.69 bits per heavy atom. The van der Waals surface area contributed by atoms with Crippen molar-refractivity contribution < 1.29 is 23.5 Å². The van der Waals surface area contributed by atoms with Gasteiger partial charge in [0, 0.05) is 29.2 Å². The molecule has 0 bridgehead atoms. The molecule has 1 saturated heterocycles. The number of carbonyl (C=O) groups excluding carboxylic acids is 3. The third-order valence-electron chi connectivity index (χ3n) is 6.00. The molecule has 1 N–H and O–H groups in total. The highest BCUT2D eigenvalue weighted by Crippen LogP contribution is 2.26. The van der Waals surface area contributed by atoms with Gasteiger partial charge in [-0.1, -0.05) is 30.3 Å². The molecule has 0 radical (unpaired) electrons. The summed E-state index contributed by atoms with van der Waals surface area (Å²) < 4.78 is 13.2. The molecule has 1 fully saturated rings. The number of ether oxygens (including phenoxy) is 1. The lowest BCUT2D eigenvalue weighted by atomic mass is 10.1. The summed E-state index contributed by atoms with van der Waals surface area (Å²) in [5.74, 6) is -0.0995. The Balaban J connectivity index is 1.36. The molecular weight excluding hydrogens is 458 g/mol. The first-order valence-corrected chi connectivity index (χ1v) is 11.7. The zero-order chi connectivity index (χ0) is 25.1. The maximum Gasteiger partial charge on any atom is 0.331 e. The average molecular weight is 484 g/mol. The number of benzene rings is 2. The van der Waals surface area contributed by atoms with Crippen molar-refractivity contribution in [1.82, 2.24) is 14.8 Å². The van der Waals surface area contributed by atoms with Crippen LogP contribution >= 0.6 is 0 Å². The molecule has 0 aliphatic carbocycles. The summed E-state index contributed by atoms with van der Waals surface area (Å²) in [5.41, 5.74) is 2.74. The minimum absolute atomic E-state index is 0.0645. The van der Waals surface area contributed by atoms with Gasteiger partial charge in [-0.25, -0.2) is 4.79 Å². The van der Waals surface area contributed by atoms with Crippen LogP contribution in [0.1, 0.15) is 23.3 Å². The number of aryl methyl sites for hydroxylation is 2. The van der Waals surface area contributed by atoms with E-state index in [0.717, 1.165) is 39.1 Å². The summed E-state index contributed by atoms with van der Waals surface area (Å²) in [4.78, 5) is 39.0. The van der Waals surface area contributed by atoms with Crippen molar-refractivity contribution in [3.05, 3.63) is 95.6 Å². The van der Waals surface area contributed by atoms with Crippen LogP contribution in [0.4, 0.5) is 4.79 Å². The molecule has 0 spiro atoms. The van der Waals surface area contributed by atoms with Gasteiger partial charge in [-0.05, 0) is 55.3 Å². The number of fused-ring (bicyclic) bond motifs is 1. The second-order valence-electron chi connectivity index (χ2n) is 8.60. The minimum Gasteiger partial charge on any atom is -0.494 e. The van der Waals surface area contributed by atoms with Crippen LogP contribution < -0.4 is 10.1 Å². The topological polar surface area (TPSA) is 93.8 Å². The predicted octanol–water partition coefficient (Wildman–Crippen LogP) is 4.67. The van der Waals surface area contributed by atoms with Gasteiger partial charge in [0.1, 0.15) is 17.1 Å². The Hall–Kier alpha value is -4.59. The van der Waals surface area contributed by atoms with E-state index in [9.17, 15) is 14.4 Å². The van der Waals surface area contributed by atoms with E-state index in [2.05, 4.69) is 9.88 Å². The van der Waals surface area contributed by atoms with Crippen LogP contribution in [0, 0.1) is 6.92 Å². The van der Waals surface area contributed by atoms with Gasteiger partial charge in [-0.3, -0.25) is 19.8 Å². The Kier molecular flexibility index (Phi) is 6.40. The van der Waals surface area contributed by atoms with Gasteiger partial charge in [0.2, 0.25) is 0 Å². The quantitative estimate of drug-likeness (QED) is 0.223. The normalized spacial score (nSPS) is 15.1. The number of urea groups is 1. The monoisotopic (exact) mass is 483 g/mol. The summed E-state index contributed by atoms with van der Waals surface area (Å²) in [6.45, 7) is 3.21. The van der Waals surface area contributed by atoms with E-state index in [0.29, 0.717) is 18.9 Å². The fourth-order valence-electron chi connectivity index (χ4n) is 4.26. The number of imide groups is 2. The van der Waals surface area contributed by atoms with Crippen molar-refractivity contribution >= 4 is 34.8 Å². The van der Waals surface area contributed by atoms with Gasteiger partial charge in [0.05, 0.1) is 19.4 Å². The highest BCUT2D eigenvalue weighted by Gasteiger charge is 2.36. The van der Waals surface area contributed by atoms with Crippen molar-refractivity contribution in [2.75, 3.05) is 6.61 Å². The molecule has 4 amide bonds. The van der Waals surface area contributed by atoms with E-state index in [4.69, 9.17) is 9.15 Å². The average Bonchev–Trinajstić information content (AvgIpc) is 3.50. The minimum atomic E-state index is -0.769. The molecule has 2 aromatic carbocycles. The largest absolute Gasteiger partial charge is 0.494 e. The summed E-state index contributed by atoms with van der Waals surface area (Å²) in [6, 6.07) is 18.3. The molecule has 1 aliphatic heterocycles. The van der Waals surface area contributed by atoms with Crippen molar-refractivity contribution in [3.8, 4) is 5.75 Å². The van der Waals surface area contributed by atoms with Crippen LogP contribution in [0.5, 0.6) is 5.75 Å². The number of rotatable bonds is 8. The second-order valence-corrected chi connectivity index (χ2v) is 8.60. The Bertz CT molecular complexity index is 1470. The molecule has 4 aromatic rings. The Morgan fingerprint density at radius 2 is 1.89 bits per heavy atom.